The number of halogens is 1. The quantitative estimate of drug-likeness (QED) is 0.721. The van der Waals surface area contributed by atoms with E-state index in [2.05, 4.69) is 36.3 Å². The van der Waals surface area contributed by atoms with Crippen LogP contribution < -0.4 is 14.8 Å². The van der Waals surface area contributed by atoms with Gasteiger partial charge in [-0.2, -0.15) is 5.10 Å². The molecule has 0 atom stereocenters. The Bertz CT molecular complexity index is 941. The molecular formula is C17H16BrN5O2. The fourth-order valence-electron chi connectivity index (χ4n) is 2.72. The van der Waals surface area contributed by atoms with Gasteiger partial charge in [0.05, 0.1) is 22.6 Å². The highest BCUT2D eigenvalue weighted by Crippen LogP contribution is 2.40. The lowest BCUT2D eigenvalue weighted by Gasteiger charge is -2.09. The molecule has 0 radical (unpaired) electrons. The van der Waals surface area contributed by atoms with Crippen LogP contribution in [0, 0.1) is 13.8 Å². The highest BCUT2D eigenvalue weighted by Gasteiger charge is 2.18. The van der Waals surface area contributed by atoms with Gasteiger partial charge in [-0.05, 0) is 53.5 Å². The van der Waals surface area contributed by atoms with Crippen LogP contribution in [-0.2, 0) is 6.54 Å². The lowest BCUT2D eigenvalue weighted by atomic mass is 10.2. The first-order valence-corrected chi connectivity index (χ1v) is 8.57. The van der Waals surface area contributed by atoms with Crippen molar-refractivity contribution in [3.63, 3.8) is 0 Å². The van der Waals surface area contributed by atoms with Crippen molar-refractivity contribution in [1.82, 2.24) is 19.7 Å². The van der Waals surface area contributed by atoms with E-state index in [1.807, 2.05) is 32.0 Å². The number of hydrogen-bond acceptors (Lipinski definition) is 6. The number of anilines is 1. The Morgan fingerprint density at radius 3 is 2.88 bits per heavy atom. The molecule has 1 aliphatic heterocycles. The third-order valence-corrected chi connectivity index (χ3v) is 4.40. The van der Waals surface area contributed by atoms with E-state index in [-0.39, 0.29) is 6.79 Å². The molecule has 128 valence electrons. The molecule has 25 heavy (non-hydrogen) atoms. The number of aromatic nitrogens is 4. The minimum atomic E-state index is 0.251. The van der Waals surface area contributed by atoms with E-state index in [0.717, 1.165) is 32.9 Å². The second-order valence-corrected chi connectivity index (χ2v) is 6.62. The van der Waals surface area contributed by atoms with E-state index in [4.69, 9.17) is 9.47 Å². The molecular weight excluding hydrogens is 386 g/mol. The molecule has 1 aromatic carbocycles. The molecule has 0 fully saturated rings. The molecule has 3 aromatic rings. The Kier molecular flexibility index (Phi) is 4.04. The number of ether oxygens (including phenoxy) is 2. The van der Waals surface area contributed by atoms with Crippen LogP contribution in [0.1, 0.15) is 17.0 Å². The monoisotopic (exact) mass is 401 g/mol. The van der Waals surface area contributed by atoms with Crippen LogP contribution in [0.15, 0.2) is 35.1 Å². The average molecular weight is 402 g/mol. The van der Waals surface area contributed by atoms with Gasteiger partial charge in [-0.1, -0.05) is 0 Å². The third-order valence-electron chi connectivity index (χ3n) is 3.81. The normalized spacial score (nSPS) is 12.4. The molecule has 0 amide bonds. The SMILES string of the molecule is Cc1cc(C)n(-c2cncc(NCc3cc(Br)c4c(c3)OCO4)n2)n1. The van der Waals surface area contributed by atoms with E-state index in [1.54, 1.807) is 17.1 Å². The Labute approximate surface area is 153 Å². The second-order valence-electron chi connectivity index (χ2n) is 5.77. The van der Waals surface area contributed by atoms with Gasteiger partial charge < -0.3 is 14.8 Å². The summed E-state index contributed by atoms with van der Waals surface area (Å²) in [6.45, 7) is 4.79. The summed E-state index contributed by atoms with van der Waals surface area (Å²) in [5.74, 6) is 2.85. The number of hydrogen-bond donors (Lipinski definition) is 1. The van der Waals surface area contributed by atoms with E-state index in [1.165, 1.54) is 0 Å². The lowest BCUT2D eigenvalue weighted by molar-refractivity contribution is 0.173. The van der Waals surface area contributed by atoms with Gasteiger partial charge >= 0.3 is 0 Å². The molecule has 3 heterocycles. The molecule has 1 N–H and O–H groups in total. The smallest absolute Gasteiger partial charge is 0.231 e. The molecule has 8 heteroatoms. The topological polar surface area (TPSA) is 74.1 Å². The third kappa shape index (κ3) is 3.17. The van der Waals surface area contributed by atoms with Gasteiger partial charge in [0.25, 0.3) is 0 Å². The maximum atomic E-state index is 5.44. The number of aryl methyl sites for hydroxylation is 2. The van der Waals surface area contributed by atoms with Crippen LogP contribution in [0.5, 0.6) is 11.5 Å². The minimum Gasteiger partial charge on any atom is -0.454 e. The lowest BCUT2D eigenvalue weighted by Crippen LogP contribution is -2.07. The van der Waals surface area contributed by atoms with Crippen molar-refractivity contribution in [3.05, 3.63) is 52.0 Å². The molecule has 0 saturated carbocycles. The van der Waals surface area contributed by atoms with Crippen LogP contribution >= 0.6 is 15.9 Å². The Balaban J connectivity index is 1.53. The number of fused-ring (bicyclic) bond motifs is 1. The van der Waals surface area contributed by atoms with Gasteiger partial charge in [0.1, 0.15) is 5.82 Å². The molecule has 0 aliphatic carbocycles. The first-order chi connectivity index (χ1) is 12.1. The van der Waals surface area contributed by atoms with Crippen LogP contribution in [0.2, 0.25) is 0 Å². The molecule has 0 saturated heterocycles. The van der Waals surface area contributed by atoms with Crippen molar-refractivity contribution in [2.45, 2.75) is 20.4 Å². The number of nitrogens with zero attached hydrogens (tertiary/aromatic N) is 4. The highest BCUT2D eigenvalue weighted by atomic mass is 79.9. The van der Waals surface area contributed by atoms with Crippen molar-refractivity contribution in [2.24, 2.45) is 0 Å². The predicted molar refractivity (Wildman–Crippen MR) is 96.2 cm³/mol. The average Bonchev–Trinajstić information content (AvgIpc) is 3.19. The van der Waals surface area contributed by atoms with E-state index < -0.39 is 0 Å². The minimum absolute atomic E-state index is 0.251. The van der Waals surface area contributed by atoms with E-state index in [9.17, 15) is 0 Å². The van der Waals surface area contributed by atoms with Crippen molar-refractivity contribution in [3.8, 4) is 17.3 Å². The Hall–Kier alpha value is -2.61. The molecule has 0 unspecified atom stereocenters. The van der Waals surface area contributed by atoms with Gasteiger partial charge in [-0.15, -0.1) is 0 Å². The zero-order valence-electron chi connectivity index (χ0n) is 13.8. The first kappa shape index (κ1) is 15.9. The molecule has 7 nitrogen and oxygen atoms in total. The Morgan fingerprint density at radius 1 is 1.20 bits per heavy atom. The number of rotatable bonds is 4. The van der Waals surface area contributed by atoms with E-state index >= 15 is 0 Å². The Morgan fingerprint density at radius 2 is 2.08 bits per heavy atom. The maximum Gasteiger partial charge on any atom is 0.231 e. The standard InChI is InChI=1S/C17H16BrN5O2/c1-10-3-11(2)23(22-10)16-8-19-7-15(21-16)20-6-12-4-13(18)17-14(5-12)24-9-25-17/h3-5,7-8H,6,9H2,1-2H3,(H,20,21). The first-order valence-electron chi connectivity index (χ1n) is 7.78. The van der Waals surface area contributed by atoms with Gasteiger partial charge in [0, 0.05) is 12.2 Å². The highest BCUT2D eigenvalue weighted by molar-refractivity contribution is 9.10. The molecule has 0 spiro atoms. The number of benzene rings is 1. The van der Waals surface area contributed by atoms with Gasteiger partial charge in [0.2, 0.25) is 6.79 Å². The van der Waals surface area contributed by atoms with Crippen molar-refractivity contribution < 1.29 is 9.47 Å². The molecule has 2 aromatic heterocycles. The van der Waals surface area contributed by atoms with Crippen LogP contribution in [0.4, 0.5) is 5.82 Å². The van der Waals surface area contributed by atoms with Crippen LogP contribution in [0.3, 0.4) is 0 Å². The van der Waals surface area contributed by atoms with E-state index in [0.29, 0.717) is 18.2 Å². The van der Waals surface area contributed by atoms with Gasteiger partial charge in [0.15, 0.2) is 17.3 Å². The predicted octanol–water partition coefficient (Wildman–Crippen LogP) is 3.38. The summed E-state index contributed by atoms with van der Waals surface area (Å²) in [7, 11) is 0. The molecule has 1 aliphatic rings. The maximum absolute atomic E-state index is 5.44. The number of nitrogens with one attached hydrogen (secondary N) is 1. The van der Waals surface area contributed by atoms with Crippen molar-refractivity contribution in [1.29, 1.82) is 0 Å². The fraction of sp³-hybridized carbons (Fsp3) is 0.235. The second kappa shape index (κ2) is 6.36. The molecule has 0 bridgehead atoms. The fourth-order valence-corrected chi connectivity index (χ4v) is 3.32. The van der Waals surface area contributed by atoms with Crippen LogP contribution in [-0.4, -0.2) is 26.5 Å². The summed E-state index contributed by atoms with van der Waals surface area (Å²) in [6.07, 6.45) is 3.39. The summed E-state index contributed by atoms with van der Waals surface area (Å²) in [6, 6.07) is 5.96. The van der Waals surface area contributed by atoms with Gasteiger partial charge in [-0.3, -0.25) is 4.98 Å². The van der Waals surface area contributed by atoms with Crippen LogP contribution in [0.25, 0.3) is 5.82 Å². The zero-order valence-corrected chi connectivity index (χ0v) is 15.4. The summed E-state index contributed by atoms with van der Waals surface area (Å²) < 4.78 is 13.5. The van der Waals surface area contributed by atoms with Gasteiger partial charge in [-0.25, -0.2) is 9.67 Å². The molecule has 4 rings (SSSR count). The summed E-state index contributed by atoms with van der Waals surface area (Å²) in [4.78, 5) is 8.85. The largest absolute Gasteiger partial charge is 0.454 e. The summed E-state index contributed by atoms with van der Waals surface area (Å²) in [5.41, 5.74) is 3.01. The van der Waals surface area contributed by atoms with Crippen molar-refractivity contribution >= 4 is 21.7 Å². The summed E-state index contributed by atoms with van der Waals surface area (Å²) in [5, 5.41) is 7.72. The summed E-state index contributed by atoms with van der Waals surface area (Å²) >= 11 is 3.50. The van der Waals surface area contributed by atoms with Crippen molar-refractivity contribution in [2.75, 3.05) is 12.1 Å². The zero-order chi connectivity index (χ0) is 17.4.